The summed E-state index contributed by atoms with van der Waals surface area (Å²) < 4.78 is 0. The Bertz CT molecular complexity index is 379. The van der Waals surface area contributed by atoms with Gasteiger partial charge in [0.05, 0.1) is 5.60 Å². The Morgan fingerprint density at radius 1 is 1.35 bits per heavy atom. The number of aryl methyl sites for hydroxylation is 1. The van der Waals surface area contributed by atoms with E-state index in [1.165, 1.54) is 30.4 Å². The Kier molecular flexibility index (Phi) is 3.58. The van der Waals surface area contributed by atoms with E-state index in [1.54, 1.807) is 0 Å². The molecule has 0 amide bonds. The van der Waals surface area contributed by atoms with Crippen molar-refractivity contribution in [2.24, 2.45) is 5.92 Å². The summed E-state index contributed by atoms with van der Waals surface area (Å²) in [4.78, 5) is 0. The van der Waals surface area contributed by atoms with Crippen molar-refractivity contribution in [3.63, 3.8) is 0 Å². The maximum Gasteiger partial charge on any atom is 0.0648 e. The van der Waals surface area contributed by atoms with Gasteiger partial charge in [0.2, 0.25) is 0 Å². The molecule has 0 spiro atoms. The maximum atomic E-state index is 10.5. The van der Waals surface area contributed by atoms with Gasteiger partial charge in [0.1, 0.15) is 0 Å². The summed E-state index contributed by atoms with van der Waals surface area (Å²) in [6, 6.07) is 8.74. The number of hydrogen-bond donors (Lipinski definition) is 1. The first-order valence-corrected chi connectivity index (χ1v) is 6.81. The molecule has 0 saturated heterocycles. The molecule has 0 radical (unpaired) electrons. The molecule has 17 heavy (non-hydrogen) atoms. The average molecular weight is 232 g/mol. The molecule has 0 saturated carbocycles. The zero-order valence-electron chi connectivity index (χ0n) is 11.2. The van der Waals surface area contributed by atoms with Crippen LogP contribution in [0.15, 0.2) is 24.3 Å². The lowest BCUT2D eigenvalue weighted by Crippen LogP contribution is -2.33. The largest absolute Gasteiger partial charge is 0.390 e. The molecule has 1 aliphatic carbocycles. The molecule has 2 atom stereocenters. The van der Waals surface area contributed by atoms with Gasteiger partial charge >= 0.3 is 0 Å². The van der Waals surface area contributed by atoms with Crippen molar-refractivity contribution in [2.75, 3.05) is 0 Å². The van der Waals surface area contributed by atoms with Gasteiger partial charge in [0.15, 0.2) is 0 Å². The van der Waals surface area contributed by atoms with E-state index in [-0.39, 0.29) is 0 Å². The van der Waals surface area contributed by atoms with E-state index in [2.05, 4.69) is 38.1 Å². The summed E-state index contributed by atoms with van der Waals surface area (Å²) in [5.41, 5.74) is 2.41. The van der Waals surface area contributed by atoms with Crippen LogP contribution in [0.2, 0.25) is 0 Å². The molecular weight excluding hydrogens is 208 g/mol. The van der Waals surface area contributed by atoms with Gasteiger partial charge in [-0.3, -0.25) is 0 Å². The number of benzene rings is 1. The third-order valence-corrected chi connectivity index (χ3v) is 4.40. The van der Waals surface area contributed by atoms with Gasteiger partial charge in [-0.15, -0.1) is 0 Å². The molecule has 1 heteroatoms. The van der Waals surface area contributed by atoms with E-state index >= 15 is 0 Å². The first kappa shape index (κ1) is 12.6. The van der Waals surface area contributed by atoms with E-state index in [0.29, 0.717) is 11.8 Å². The average Bonchev–Trinajstić information content (AvgIpc) is 2.29. The topological polar surface area (TPSA) is 20.2 Å². The SMILES string of the molecule is CC(C)C(C)(O)CC1CCCc2ccccc21. The first-order chi connectivity index (χ1) is 8.00. The monoisotopic (exact) mass is 232 g/mol. The van der Waals surface area contributed by atoms with Crippen molar-refractivity contribution in [3.05, 3.63) is 35.4 Å². The van der Waals surface area contributed by atoms with Crippen LogP contribution in [0.3, 0.4) is 0 Å². The summed E-state index contributed by atoms with van der Waals surface area (Å²) in [7, 11) is 0. The third kappa shape index (κ3) is 2.71. The number of hydrogen-bond acceptors (Lipinski definition) is 1. The van der Waals surface area contributed by atoms with Crippen LogP contribution in [0.4, 0.5) is 0 Å². The van der Waals surface area contributed by atoms with Crippen molar-refractivity contribution >= 4 is 0 Å². The van der Waals surface area contributed by atoms with Gasteiger partial charge in [-0.1, -0.05) is 38.1 Å². The fraction of sp³-hybridized carbons (Fsp3) is 0.625. The molecular formula is C16H24O. The zero-order valence-corrected chi connectivity index (χ0v) is 11.2. The van der Waals surface area contributed by atoms with Crippen molar-refractivity contribution in [1.29, 1.82) is 0 Å². The van der Waals surface area contributed by atoms with Crippen LogP contribution in [0, 0.1) is 5.92 Å². The molecule has 1 aromatic carbocycles. The zero-order chi connectivity index (χ0) is 12.5. The highest BCUT2D eigenvalue weighted by atomic mass is 16.3. The molecule has 2 unspecified atom stereocenters. The highest BCUT2D eigenvalue weighted by Gasteiger charge is 2.31. The number of fused-ring (bicyclic) bond motifs is 1. The fourth-order valence-corrected chi connectivity index (χ4v) is 2.80. The molecule has 0 aromatic heterocycles. The summed E-state index contributed by atoms with van der Waals surface area (Å²) >= 11 is 0. The molecule has 2 rings (SSSR count). The van der Waals surface area contributed by atoms with Crippen LogP contribution >= 0.6 is 0 Å². The Morgan fingerprint density at radius 3 is 2.76 bits per heavy atom. The van der Waals surface area contributed by atoms with E-state index < -0.39 is 5.60 Å². The lowest BCUT2D eigenvalue weighted by Gasteiger charge is -2.34. The highest BCUT2D eigenvalue weighted by Crippen LogP contribution is 2.38. The van der Waals surface area contributed by atoms with E-state index in [9.17, 15) is 5.11 Å². The fourth-order valence-electron chi connectivity index (χ4n) is 2.80. The molecule has 0 fully saturated rings. The quantitative estimate of drug-likeness (QED) is 0.838. The second-order valence-electron chi connectivity index (χ2n) is 6.00. The maximum absolute atomic E-state index is 10.5. The number of aliphatic hydroxyl groups is 1. The summed E-state index contributed by atoms with van der Waals surface area (Å²) in [6.07, 6.45) is 4.58. The van der Waals surface area contributed by atoms with E-state index in [4.69, 9.17) is 0 Å². The molecule has 1 nitrogen and oxygen atoms in total. The van der Waals surface area contributed by atoms with Gasteiger partial charge in [0.25, 0.3) is 0 Å². The van der Waals surface area contributed by atoms with E-state index in [0.717, 1.165) is 6.42 Å². The van der Waals surface area contributed by atoms with Gasteiger partial charge in [-0.25, -0.2) is 0 Å². The van der Waals surface area contributed by atoms with Crippen LogP contribution < -0.4 is 0 Å². The van der Waals surface area contributed by atoms with Crippen molar-refractivity contribution < 1.29 is 5.11 Å². The summed E-state index contributed by atoms with van der Waals surface area (Å²) in [6.45, 7) is 6.19. The Morgan fingerprint density at radius 2 is 2.06 bits per heavy atom. The summed E-state index contributed by atoms with van der Waals surface area (Å²) in [5.74, 6) is 0.855. The second kappa shape index (κ2) is 4.81. The van der Waals surface area contributed by atoms with Crippen LogP contribution in [0.1, 0.15) is 57.1 Å². The van der Waals surface area contributed by atoms with Crippen LogP contribution in [-0.2, 0) is 6.42 Å². The smallest absolute Gasteiger partial charge is 0.0648 e. The van der Waals surface area contributed by atoms with Gasteiger partial charge in [-0.05, 0) is 55.6 Å². The molecule has 94 valence electrons. The van der Waals surface area contributed by atoms with Crippen molar-refractivity contribution in [1.82, 2.24) is 0 Å². The number of rotatable bonds is 3. The van der Waals surface area contributed by atoms with Crippen LogP contribution in [0.5, 0.6) is 0 Å². The molecule has 0 aliphatic heterocycles. The summed E-state index contributed by atoms with van der Waals surface area (Å²) in [5, 5.41) is 10.5. The first-order valence-electron chi connectivity index (χ1n) is 6.81. The molecule has 1 N–H and O–H groups in total. The second-order valence-corrected chi connectivity index (χ2v) is 6.00. The lowest BCUT2D eigenvalue weighted by molar-refractivity contribution is -0.00247. The van der Waals surface area contributed by atoms with Crippen molar-refractivity contribution in [3.8, 4) is 0 Å². The van der Waals surface area contributed by atoms with Crippen molar-refractivity contribution in [2.45, 2.75) is 58.0 Å². The molecule has 0 heterocycles. The third-order valence-electron chi connectivity index (χ3n) is 4.40. The lowest BCUT2D eigenvalue weighted by atomic mass is 9.74. The molecule has 1 aliphatic rings. The van der Waals surface area contributed by atoms with E-state index in [1.807, 2.05) is 6.92 Å². The van der Waals surface area contributed by atoms with Crippen LogP contribution in [0.25, 0.3) is 0 Å². The van der Waals surface area contributed by atoms with Crippen LogP contribution in [-0.4, -0.2) is 10.7 Å². The minimum atomic E-state index is -0.547. The predicted octanol–water partition coefficient (Wildman–Crippen LogP) is 3.90. The molecule has 0 bridgehead atoms. The Balaban J connectivity index is 2.19. The van der Waals surface area contributed by atoms with Gasteiger partial charge in [-0.2, -0.15) is 0 Å². The van der Waals surface area contributed by atoms with Gasteiger partial charge < -0.3 is 5.11 Å². The normalized spacial score (nSPS) is 23.2. The minimum absolute atomic E-state index is 0.316. The standard InChI is InChI=1S/C16H24O/c1-12(2)16(3,17)11-14-9-6-8-13-7-4-5-10-15(13)14/h4-5,7,10,12,14,17H,6,8-9,11H2,1-3H3. The predicted molar refractivity (Wildman–Crippen MR) is 72.2 cm³/mol. The Labute approximate surface area is 105 Å². The van der Waals surface area contributed by atoms with Gasteiger partial charge in [0, 0.05) is 0 Å². The minimum Gasteiger partial charge on any atom is -0.390 e. The molecule has 1 aromatic rings. The highest BCUT2D eigenvalue weighted by molar-refractivity contribution is 5.32. The Hall–Kier alpha value is -0.820.